The number of allylic oxidation sites excluding steroid dienone is 2. The van der Waals surface area contributed by atoms with Gasteiger partial charge in [-0.2, -0.15) is 5.10 Å². The summed E-state index contributed by atoms with van der Waals surface area (Å²) in [4.78, 5) is 42.8. The second kappa shape index (κ2) is 18.6. The Balaban J connectivity index is 1.71. The highest BCUT2D eigenvalue weighted by atomic mass is 16.7. The summed E-state index contributed by atoms with van der Waals surface area (Å²) in [5.74, 6) is -8.34. The number of carbonyl (C=O) groups excluding carboxylic acids is 3. The fraction of sp³-hybridized carbons (Fsp3) is 0.545. The van der Waals surface area contributed by atoms with Crippen LogP contribution in [-0.2, 0) is 23.8 Å². The summed E-state index contributed by atoms with van der Waals surface area (Å²) in [7, 11) is 3.44. The summed E-state index contributed by atoms with van der Waals surface area (Å²) >= 11 is 0. The van der Waals surface area contributed by atoms with Gasteiger partial charge in [-0.05, 0) is 39.9 Å². The van der Waals surface area contributed by atoms with Crippen LogP contribution in [0.3, 0.4) is 0 Å². The molecule has 4 aliphatic heterocycles. The number of aliphatic hydroxyl groups is 2. The molecular formula is C44H60N4O12. The van der Waals surface area contributed by atoms with Gasteiger partial charge in [0.15, 0.2) is 5.75 Å². The fourth-order valence-electron chi connectivity index (χ4n) is 8.16. The maximum Gasteiger partial charge on any atom is 0.312 e. The summed E-state index contributed by atoms with van der Waals surface area (Å²) < 4.78 is 23.6. The van der Waals surface area contributed by atoms with Gasteiger partial charge >= 0.3 is 11.8 Å². The normalized spacial score (nSPS) is 30.0. The number of phenolic OH excluding ortho intramolecular Hbond substituents is 3. The van der Waals surface area contributed by atoms with Crippen molar-refractivity contribution in [2.24, 2.45) is 28.8 Å². The van der Waals surface area contributed by atoms with Crippen LogP contribution in [0, 0.1) is 30.6 Å². The number of aromatic hydroxyl groups is 3. The smallest absolute Gasteiger partial charge is 0.312 e. The van der Waals surface area contributed by atoms with Gasteiger partial charge in [0.25, 0.3) is 11.7 Å². The van der Waals surface area contributed by atoms with E-state index < -0.39 is 88.8 Å². The first kappa shape index (κ1) is 45.9. The molecule has 9 atom stereocenters. The number of ketones is 1. The number of hydrogen-bond acceptors (Lipinski definition) is 15. The van der Waals surface area contributed by atoms with Crippen LogP contribution in [-0.4, -0.2) is 130 Å². The molecule has 6 N–H and O–H groups in total. The first-order chi connectivity index (χ1) is 28.2. The van der Waals surface area contributed by atoms with Crippen LogP contribution in [0.5, 0.6) is 23.0 Å². The van der Waals surface area contributed by atoms with E-state index in [1.54, 1.807) is 44.9 Å². The number of esters is 1. The second-order valence-electron chi connectivity index (χ2n) is 16.5. The Hall–Kier alpha value is -5.16. The number of nitrogens with zero attached hydrogens (tertiary/aromatic N) is 3. The van der Waals surface area contributed by atoms with E-state index in [0.29, 0.717) is 13.1 Å². The van der Waals surface area contributed by atoms with Crippen LogP contribution in [0.2, 0.25) is 0 Å². The lowest BCUT2D eigenvalue weighted by molar-refractivity contribution is -0.160. The molecule has 6 rings (SSSR count). The molecule has 2 aromatic rings. The minimum atomic E-state index is -2.04. The number of amides is 1. The fourth-order valence-corrected chi connectivity index (χ4v) is 8.16. The largest absolute Gasteiger partial charge is 0.507 e. The molecule has 60 heavy (non-hydrogen) atoms. The Kier molecular flexibility index (Phi) is 14.3. The number of hydrogen-bond donors (Lipinski definition) is 6. The van der Waals surface area contributed by atoms with Crippen molar-refractivity contribution in [2.45, 2.75) is 92.0 Å². The van der Waals surface area contributed by atoms with Gasteiger partial charge in [0.2, 0.25) is 0 Å². The van der Waals surface area contributed by atoms with Gasteiger partial charge in [-0.15, -0.1) is 0 Å². The average Bonchev–Trinajstić information content (AvgIpc) is 3.31. The number of anilines is 1. The SMILES string of the molecule is CO[C@@H]1C=CO[C@@]2(C)Oc3c(C)c(O)c4c(O)c(c(C=NN5CCCN(C)CC5)c(O)c4c3C2=O)NC(=O)C(C)=CC=C[C@H](C)[C@H](O)[C@H](C)[C@H](O)[C@H](C)[C@@H](OC(C)=O)[C@H]1C. The number of fused-ring (bicyclic) bond motifs is 14. The number of hydrazone groups is 1. The number of Topliss-reactive ketones (excluding diaryl/α,β-unsaturated/α-hetero) is 1. The zero-order chi connectivity index (χ0) is 44.4. The van der Waals surface area contributed by atoms with E-state index in [4.69, 9.17) is 18.9 Å². The highest BCUT2D eigenvalue weighted by Crippen LogP contribution is 2.55. The van der Waals surface area contributed by atoms with Crippen molar-refractivity contribution in [3.8, 4) is 23.0 Å². The third-order valence-electron chi connectivity index (χ3n) is 12.1. The molecule has 0 radical (unpaired) electrons. The maximum absolute atomic E-state index is 14.5. The van der Waals surface area contributed by atoms with Crippen LogP contribution in [0.1, 0.15) is 76.4 Å². The number of carbonyl (C=O) groups is 3. The van der Waals surface area contributed by atoms with E-state index in [1.807, 2.05) is 7.05 Å². The van der Waals surface area contributed by atoms with Gasteiger partial charge in [-0.3, -0.25) is 19.4 Å². The predicted molar refractivity (Wildman–Crippen MR) is 225 cm³/mol. The predicted octanol–water partition coefficient (Wildman–Crippen LogP) is 4.73. The lowest BCUT2D eigenvalue weighted by atomic mass is 9.78. The topological polar surface area (TPSA) is 220 Å². The number of likely N-dealkylation sites (N-methyl/N-ethyl adjacent to an activating group) is 1. The Bertz CT molecular complexity index is 2100. The number of benzene rings is 2. The summed E-state index contributed by atoms with van der Waals surface area (Å²) in [5, 5.41) is 67.1. The van der Waals surface area contributed by atoms with Crippen LogP contribution >= 0.6 is 0 Å². The Morgan fingerprint density at radius 1 is 0.950 bits per heavy atom. The molecule has 16 heteroatoms. The van der Waals surface area contributed by atoms with Gasteiger partial charge < -0.3 is 54.7 Å². The minimum Gasteiger partial charge on any atom is -0.507 e. The second-order valence-corrected chi connectivity index (χ2v) is 16.5. The average molecular weight is 837 g/mol. The van der Waals surface area contributed by atoms with E-state index in [9.17, 15) is 39.9 Å². The van der Waals surface area contributed by atoms with Crippen molar-refractivity contribution in [2.75, 3.05) is 45.7 Å². The first-order valence-corrected chi connectivity index (χ1v) is 20.3. The van der Waals surface area contributed by atoms with Crippen molar-refractivity contribution in [1.82, 2.24) is 9.91 Å². The van der Waals surface area contributed by atoms with Gasteiger partial charge in [-0.1, -0.05) is 45.9 Å². The molecular weight excluding hydrogens is 776 g/mol. The lowest BCUT2D eigenvalue weighted by Crippen LogP contribution is -2.46. The minimum absolute atomic E-state index is 0.0571. The molecule has 0 aromatic heterocycles. The van der Waals surface area contributed by atoms with Crippen LogP contribution in [0.25, 0.3) is 10.8 Å². The number of methoxy groups -OCH3 is 1. The van der Waals surface area contributed by atoms with Crippen molar-refractivity contribution in [1.29, 1.82) is 0 Å². The Morgan fingerprint density at radius 2 is 1.65 bits per heavy atom. The molecule has 4 aliphatic rings. The molecule has 5 bridgehead atoms. The van der Waals surface area contributed by atoms with Gasteiger partial charge in [0.1, 0.15) is 23.4 Å². The first-order valence-electron chi connectivity index (χ1n) is 20.3. The van der Waals surface area contributed by atoms with Crippen LogP contribution < -0.4 is 10.1 Å². The van der Waals surface area contributed by atoms with E-state index in [0.717, 1.165) is 19.5 Å². The lowest BCUT2D eigenvalue weighted by Gasteiger charge is -2.38. The number of phenols is 3. The molecule has 0 unspecified atom stereocenters. The van der Waals surface area contributed by atoms with Crippen molar-refractivity contribution in [3.05, 3.63) is 52.8 Å². The van der Waals surface area contributed by atoms with Gasteiger partial charge in [0.05, 0.1) is 53.0 Å². The third-order valence-corrected chi connectivity index (χ3v) is 12.1. The molecule has 1 amide bonds. The third kappa shape index (κ3) is 9.11. The summed E-state index contributed by atoms with van der Waals surface area (Å²) in [6.45, 7) is 15.3. The highest BCUT2D eigenvalue weighted by Gasteiger charge is 2.50. The van der Waals surface area contributed by atoms with E-state index in [2.05, 4.69) is 15.3 Å². The van der Waals surface area contributed by atoms with Gasteiger partial charge in [-0.25, -0.2) is 0 Å². The molecule has 2 aromatic carbocycles. The maximum atomic E-state index is 14.5. The number of rotatable bonds is 4. The summed E-state index contributed by atoms with van der Waals surface area (Å²) in [6.07, 6.45) is 5.70. The molecule has 16 nitrogen and oxygen atoms in total. The van der Waals surface area contributed by atoms with Crippen LogP contribution in [0.15, 0.2) is 41.2 Å². The summed E-state index contributed by atoms with van der Waals surface area (Å²) in [5.41, 5.74) is -0.340. The van der Waals surface area contributed by atoms with E-state index in [1.165, 1.54) is 59.4 Å². The van der Waals surface area contributed by atoms with Crippen LogP contribution in [0.4, 0.5) is 5.69 Å². The Labute approximate surface area is 350 Å². The number of nitrogens with one attached hydrogen (secondary N) is 1. The van der Waals surface area contributed by atoms with Crippen molar-refractivity contribution < 1.29 is 58.9 Å². The molecule has 0 saturated carbocycles. The standard InChI is InChI=1S/C44H60N4O12/c1-22-13-11-14-23(2)43(56)46-34-29(21-45-48-17-12-16-47(9)18-19-48)38(53)31-32(39(34)54)37(52)27(6)41-33(31)42(55)44(8,60-41)58-20-15-30(57-10)24(3)40(59-28(7)49)26(5)36(51)25(4)35(22)50/h11,13-15,20-22,24-26,30,35-36,40,50-54H,12,16-19H2,1-10H3,(H,46,56)/t22-,24-,25-,26-,30+,35-,36-,40-,44-/m0/s1. The molecule has 328 valence electrons. The molecule has 4 heterocycles. The van der Waals surface area contributed by atoms with E-state index >= 15 is 0 Å². The quantitative estimate of drug-likeness (QED) is 0.106. The molecule has 1 saturated heterocycles. The number of ether oxygens (including phenoxy) is 4. The monoisotopic (exact) mass is 836 g/mol. The Morgan fingerprint density at radius 3 is 2.32 bits per heavy atom. The molecule has 1 fully saturated rings. The van der Waals surface area contributed by atoms with E-state index in [-0.39, 0.29) is 44.5 Å². The number of aliphatic hydroxyl groups excluding tert-OH is 2. The zero-order valence-corrected chi connectivity index (χ0v) is 36.1. The van der Waals surface area contributed by atoms with Crippen molar-refractivity contribution >= 4 is 40.3 Å². The molecule has 0 spiro atoms. The molecule has 0 aliphatic carbocycles. The summed E-state index contributed by atoms with van der Waals surface area (Å²) in [6, 6.07) is 0. The van der Waals surface area contributed by atoms with Gasteiger partial charge in [0, 0.05) is 80.8 Å². The van der Waals surface area contributed by atoms with Crippen molar-refractivity contribution in [3.63, 3.8) is 0 Å². The zero-order valence-electron chi connectivity index (χ0n) is 36.1. The highest BCUT2D eigenvalue weighted by molar-refractivity contribution is 6.23.